The zero-order valence-electron chi connectivity index (χ0n) is 17.3. The minimum atomic E-state index is -0.395. The molecule has 31 heavy (non-hydrogen) atoms. The number of hydrogen-bond acceptors (Lipinski definition) is 5. The molecule has 1 atom stereocenters. The van der Waals surface area contributed by atoms with Crippen molar-refractivity contribution in [2.24, 2.45) is 5.73 Å². The maximum Gasteiger partial charge on any atom is 0.205 e. The molecule has 6 heteroatoms. The van der Waals surface area contributed by atoms with E-state index in [0.29, 0.717) is 23.7 Å². The highest BCUT2D eigenvalue weighted by Gasteiger charge is 2.33. The van der Waals surface area contributed by atoms with Crippen LogP contribution in [0.3, 0.4) is 0 Å². The number of nitrogens with zero attached hydrogens (tertiary/aromatic N) is 2. The van der Waals surface area contributed by atoms with Crippen LogP contribution in [0.4, 0.5) is 5.69 Å². The number of anilines is 1. The molecule has 0 saturated heterocycles. The average molecular weight is 476 g/mol. The molecule has 4 rings (SSSR count). The first-order valence-corrected chi connectivity index (χ1v) is 10.6. The van der Waals surface area contributed by atoms with Gasteiger partial charge in [0.05, 0.1) is 5.92 Å². The predicted octanol–water partition coefficient (Wildman–Crippen LogP) is 5.31. The predicted molar refractivity (Wildman–Crippen MR) is 125 cm³/mol. The monoisotopic (exact) mass is 475 g/mol. The lowest BCUT2D eigenvalue weighted by Crippen LogP contribution is -2.22. The summed E-state index contributed by atoms with van der Waals surface area (Å²) in [6.07, 6.45) is 0. The fourth-order valence-electron chi connectivity index (χ4n) is 3.65. The molecule has 156 valence electrons. The summed E-state index contributed by atoms with van der Waals surface area (Å²) < 4.78 is 12.9. The number of benzene rings is 3. The van der Waals surface area contributed by atoms with Gasteiger partial charge in [0.1, 0.15) is 29.7 Å². The Morgan fingerprint density at radius 2 is 1.84 bits per heavy atom. The standard InChI is InChI=1S/C25H22BrN3O2/c1-29(2)18-9-10-19-23(13-18)31-25(28)21(14-27)24(19)20-12-17(26)8-11-22(20)30-15-16-6-4-3-5-7-16/h3-13,24H,15,28H2,1-2H3. The van der Waals surface area contributed by atoms with Crippen LogP contribution in [0.25, 0.3) is 0 Å². The number of fused-ring (bicyclic) bond motifs is 1. The molecule has 2 N–H and O–H groups in total. The molecule has 1 heterocycles. The second kappa shape index (κ2) is 8.75. The normalized spacial score (nSPS) is 15.0. The molecule has 0 amide bonds. The van der Waals surface area contributed by atoms with E-state index in [1.54, 1.807) is 0 Å². The van der Waals surface area contributed by atoms with E-state index in [4.69, 9.17) is 15.2 Å². The molecule has 5 nitrogen and oxygen atoms in total. The molecule has 3 aromatic carbocycles. The van der Waals surface area contributed by atoms with Gasteiger partial charge < -0.3 is 20.1 Å². The maximum atomic E-state index is 9.90. The highest BCUT2D eigenvalue weighted by molar-refractivity contribution is 9.10. The summed E-state index contributed by atoms with van der Waals surface area (Å²) in [6, 6.07) is 24.0. The van der Waals surface area contributed by atoms with Crippen molar-refractivity contribution >= 4 is 21.6 Å². The van der Waals surface area contributed by atoms with Gasteiger partial charge in [-0.05, 0) is 29.8 Å². The number of nitrogens with two attached hydrogens (primary N) is 1. The SMILES string of the molecule is CN(C)c1ccc2c(c1)OC(N)=C(C#N)C2c1cc(Br)ccc1OCc1ccccc1. The lowest BCUT2D eigenvalue weighted by molar-refractivity contribution is 0.301. The Bertz CT molecular complexity index is 1180. The summed E-state index contributed by atoms with van der Waals surface area (Å²) in [5.74, 6) is 1.06. The van der Waals surface area contributed by atoms with Gasteiger partial charge >= 0.3 is 0 Å². The van der Waals surface area contributed by atoms with Crippen molar-refractivity contribution < 1.29 is 9.47 Å². The van der Waals surface area contributed by atoms with Gasteiger partial charge in [0.15, 0.2) is 0 Å². The molecule has 1 aliphatic rings. The highest BCUT2D eigenvalue weighted by Crippen LogP contribution is 2.46. The van der Waals surface area contributed by atoms with Gasteiger partial charge in [-0.25, -0.2) is 0 Å². The van der Waals surface area contributed by atoms with E-state index >= 15 is 0 Å². The fourth-order valence-corrected chi connectivity index (χ4v) is 4.03. The maximum absolute atomic E-state index is 9.90. The number of halogens is 1. The van der Waals surface area contributed by atoms with Crippen molar-refractivity contribution in [3.05, 3.63) is 99.3 Å². The number of allylic oxidation sites excluding steroid dienone is 1. The number of hydrogen-bond donors (Lipinski definition) is 1. The Kier molecular flexibility index (Phi) is 5.88. The van der Waals surface area contributed by atoms with Gasteiger partial charge in [0, 0.05) is 41.4 Å². The zero-order valence-corrected chi connectivity index (χ0v) is 18.9. The van der Waals surface area contributed by atoms with Gasteiger partial charge in [-0.1, -0.05) is 52.3 Å². The number of rotatable bonds is 5. The van der Waals surface area contributed by atoms with Crippen molar-refractivity contribution in [2.75, 3.05) is 19.0 Å². The van der Waals surface area contributed by atoms with Crippen molar-refractivity contribution in [1.82, 2.24) is 0 Å². The van der Waals surface area contributed by atoms with Crippen molar-refractivity contribution in [3.8, 4) is 17.6 Å². The van der Waals surface area contributed by atoms with Gasteiger partial charge in [0.25, 0.3) is 0 Å². The molecule has 1 unspecified atom stereocenters. The van der Waals surface area contributed by atoms with Gasteiger partial charge in [-0.15, -0.1) is 0 Å². The molecule has 0 radical (unpaired) electrons. The van der Waals surface area contributed by atoms with Crippen LogP contribution in [0.15, 0.2) is 82.7 Å². The molecular formula is C25H22BrN3O2. The lowest BCUT2D eigenvalue weighted by atomic mass is 9.83. The first-order valence-electron chi connectivity index (χ1n) is 9.83. The van der Waals surface area contributed by atoms with Crippen LogP contribution in [-0.2, 0) is 6.61 Å². The second-order valence-electron chi connectivity index (χ2n) is 7.50. The van der Waals surface area contributed by atoms with E-state index in [0.717, 1.165) is 26.9 Å². The Labute approximate surface area is 190 Å². The molecule has 0 aliphatic carbocycles. The highest BCUT2D eigenvalue weighted by atomic mass is 79.9. The van der Waals surface area contributed by atoms with E-state index in [1.807, 2.05) is 85.7 Å². The van der Waals surface area contributed by atoms with Crippen LogP contribution < -0.4 is 20.1 Å². The van der Waals surface area contributed by atoms with Crippen LogP contribution >= 0.6 is 15.9 Å². The quantitative estimate of drug-likeness (QED) is 0.540. The van der Waals surface area contributed by atoms with Gasteiger partial charge in [-0.2, -0.15) is 5.26 Å². The molecule has 0 spiro atoms. The van der Waals surface area contributed by atoms with Crippen LogP contribution in [0.2, 0.25) is 0 Å². The molecule has 1 aliphatic heterocycles. The first-order chi connectivity index (χ1) is 15.0. The summed E-state index contributed by atoms with van der Waals surface area (Å²) in [7, 11) is 3.93. The molecule has 3 aromatic rings. The molecule has 0 aromatic heterocycles. The Balaban J connectivity index is 1.81. The van der Waals surface area contributed by atoms with E-state index in [2.05, 4.69) is 22.0 Å². The number of nitriles is 1. The van der Waals surface area contributed by atoms with Crippen molar-refractivity contribution in [2.45, 2.75) is 12.5 Å². The molecule has 0 fully saturated rings. The van der Waals surface area contributed by atoms with E-state index in [-0.39, 0.29) is 5.88 Å². The third-order valence-electron chi connectivity index (χ3n) is 5.24. The Morgan fingerprint density at radius 1 is 1.06 bits per heavy atom. The third-order valence-corrected chi connectivity index (χ3v) is 5.73. The number of ether oxygens (including phenoxy) is 2. The summed E-state index contributed by atoms with van der Waals surface area (Å²) in [6.45, 7) is 0.423. The van der Waals surface area contributed by atoms with E-state index in [9.17, 15) is 5.26 Å². The van der Waals surface area contributed by atoms with Gasteiger partial charge in [-0.3, -0.25) is 0 Å². The van der Waals surface area contributed by atoms with Crippen molar-refractivity contribution in [1.29, 1.82) is 5.26 Å². The smallest absolute Gasteiger partial charge is 0.205 e. The lowest BCUT2D eigenvalue weighted by Gasteiger charge is -2.29. The zero-order chi connectivity index (χ0) is 22.0. The minimum Gasteiger partial charge on any atom is -0.489 e. The first kappa shape index (κ1) is 20.8. The summed E-state index contributed by atoms with van der Waals surface area (Å²) in [4.78, 5) is 1.99. The van der Waals surface area contributed by atoms with Crippen molar-refractivity contribution in [3.63, 3.8) is 0 Å². The van der Waals surface area contributed by atoms with E-state index < -0.39 is 5.92 Å². The summed E-state index contributed by atoms with van der Waals surface area (Å²) in [5, 5.41) is 9.90. The second-order valence-corrected chi connectivity index (χ2v) is 8.41. The van der Waals surface area contributed by atoms with Crippen LogP contribution in [0.5, 0.6) is 11.5 Å². The summed E-state index contributed by atoms with van der Waals surface area (Å²) >= 11 is 3.56. The Morgan fingerprint density at radius 3 is 2.55 bits per heavy atom. The Hall–Kier alpha value is -3.43. The van der Waals surface area contributed by atoms with Crippen LogP contribution in [0.1, 0.15) is 22.6 Å². The molecule has 0 saturated carbocycles. The van der Waals surface area contributed by atoms with Crippen LogP contribution in [-0.4, -0.2) is 14.1 Å². The van der Waals surface area contributed by atoms with Crippen LogP contribution in [0, 0.1) is 11.3 Å². The average Bonchev–Trinajstić information content (AvgIpc) is 2.77. The van der Waals surface area contributed by atoms with Gasteiger partial charge in [0.2, 0.25) is 5.88 Å². The molecular weight excluding hydrogens is 454 g/mol. The molecule has 0 bridgehead atoms. The third kappa shape index (κ3) is 4.23. The fraction of sp³-hybridized carbons (Fsp3) is 0.160. The topological polar surface area (TPSA) is 71.5 Å². The van der Waals surface area contributed by atoms with E-state index in [1.165, 1.54) is 0 Å². The summed E-state index contributed by atoms with van der Waals surface area (Å²) in [5.41, 5.74) is 10.3. The minimum absolute atomic E-state index is 0.116. The largest absolute Gasteiger partial charge is 0.489 e.